The number of carbonyl (C=O) groups excluding carboxylic acids is 1. The molecule has 1 amide bonds. The second-order valence-electron chi connectivity index (χ2n) is 7.80. The zero-order valence-corrected chi connectivity index (χ0v) is 18.7. The molecular weight excluding hydrogens is 418 g/mol. The smallest absolute Gasteiger partial charge is 0.257 e. The lowest BCUT2D eigenvalue weighted by Gasteiger charge is -2.28. The van der Waals surface area contributed by atoms with E-state index in [-0.39, 0.29) is 11.0 Å². The van der Waals surface area contributed by atoms with Gasteiger partial charge in [0, 0.05) is 30.0 Å². The van der Waals surface area contributed by atoms with E-state index in [9.17, 15) is 4.79 Å². The quantitative estimate of drug-likeness (QED) is 0.499. The van der Waals surface area contributed by atoms with Gasteiger partial charge < -0.3 is 15.0 Å². The van der Waals surface area contributed by atoms with Gasteiger partial charge in [-0.1, -0.05) is 36.4 Å². The number of thiocarbonyl (C=S) groups is 1. The molecule has 1 aliphatic heterocycles. The van der Waals surface area contributed by atoms with Gasteiger partial charge in [0.15, 0.2) is 5.11 Å². The molecule has 2 N–H and O–H groups in total. The summed E-state index contributed by atoms with van der Waals surface area (Å²) in [6, 6.07) is 25.1. The summed E-state index contributed by atoms with van der Waals surface area (Å²) in [5.41, 5.74) is 3.62. The maximum Gasteiger partial charge on any atom is 0.257 e. The van der Waals surface area contributed by atoms with Crippen LogP contribution < -0.4 is 20.3 Å². The fraction of sp³-hybridized carbons (Fsp3) is 0.231. The maximum atomic E-state index is 12.6. The van der Waals surface area contributed by atoms with Crippen molar-refractivity contribution in [3.63, 3.8) is 0 Å². The first-order chi connectivity index (χ1) is 15.7. The third kappa shape index (κ3) is 6.08. The number of benzene rings is 3. The van der Waals surface area contributed by atoms with Gasteiger partial charge in [0.05, 0.1) is 0 Å². The third-order valence-corrected chi connectivity index (χ3v) is 5.62. The lowest BCUT2D eigenvalue weighted by molar-refractivity contribution is 0.0977. The van der Waals surface area contributed by atoms with E-state index in [2.05, 4.69) is 27.7 Å². The van der Waals surface area contributed by atoms with Crippen LogP contribution in [0.2, 0.25) is 0 Å². The number of hydrogen-bond acceptors (Lipinski definition) is 4. The van der Waals surface area contributed by atoms with Gasteiger partial charge in [-0.25, -0.2) is 0 Å². The molecule has 4 rings (SSSR count). The number of carbonyl (C=O) groups is 1. The molecule has 0 unspecified atom stereocenters. The van der Waals surface area contributed by atoms with E-state index in [1.807, 2.05) is 48.5 Å². The van der Waals surface area contributed by atoms with Crippen molar-refractivity contribution in [2.45, 2.75) is 25.9 Å². The van der Waals surface area contributed by atoms with Gasteiger partial charge in [-0.2, -0.15) is 0 Å². The number of rotatable bonds is 6. The van der Waals surface area contributed by atoms with Crippen molar-refractivity contribution in [2.75, 3.05) is 23.3 Å². The second-order valence-corrected chi connectivity index (χ2v) is 8.21. The van der Waals surface area contributed by atoms with Gasteiger partial charge in [-0.15, -0.1) is 0 Å². The number of nitrogens with one attached hydrogen (secondary N) is 2. The monoisotopic (exact) mass is 445 g/mol. The Hall–Kier alpha value is -3.38. The highest BCUT2D eigenvalue weighted by Gasteiger charge is 2.12. The molecule has 3 aromatic rings. The minimum atomic E-state index is -0.280. The molecule has 1 saturated heterocycles. The molecule has 0 aromatic heterocycles. The van der Waals surface area contributed by atoms with Crippen molar-refractivity contribution < 1.29 is 9.53 Å². The highest BCUT2D eigenvalue weighted by Crippen LogP contribution is 2.22. The molecule has 5 nitrogen and oxygen atoms in total. The molecule has 0 atom stereocenters. The van der Waals surface area contributed by atoms with Crippen LogP contribution in [0.25, 0.3) is 0 Å². The molecule has 0 aliphatic carbocycles. The Labute approximate surface area is 194 Å². The van der Waals surface area contributed by atoms with Crippen LogP contribution in [0, 0.1) is 0 Å². The zero-order valence-electron chi connectivity index (χ0n) is 17.9. The first-order valence-corrected chi connectivity index (χ1v) is 11.3. The van der Waals surface area contributed by atoms with Crippen LogP contribution in [0.4, 0.5) is 11.4 Å². The molecule has 1 fully saturated rings. The highest BCUT2D eigenvalue weighted by atomic mass is 32.1. The van der Waals surface area contributed by atoms with E-state index in [0.29, 0.717) is 17.9 Å². The Bertz CT molecular complexity index is 1050. The van der Waals surface area contributed by atoms with Gasteiger partial charge in [0.1, 0.15) is 12.4 Å². The van der Waals surface area contributed by atoms with Crippen LogP contribution in [0.1, 0.15) is 35.2 Å². The molecule has 0 spiro atoms. The topological polar surface area (TPSA) is 53.6 Å². The van der Waals surface area contributed by atoms with Crippen LogP contribution in [0.5, 0.6) is 5.75 Å². The summed E-state index contributed by atoms with van der Waals surface area (Å²) in [5, 5.41) is 6.08. The third-order valence-electron chi connectivity index (χ3n) is 5.42. The molecule has 32 heavy (non-hydrogen) atoms. The first-order valence-electron chi connectivity index (χ1n) is 10.9. The second kappa shape index (κ2) is 10.8. The van der Waals surface area contributed by atoms with Crippen molar-refractivity contribution in [1.29, 1.82) is 0 Å². The lowest BCUT2D eigenvalue weighted by Crippen LogP contribution is -2.34. The standard InChI is InChI=1S/C26H27N3O2S/c30-25(21-10-7-11-24(18-21)31-19-20-8-3-1-4-9-20)28-26(32)27-22-12-14-23(15-13-22)29-16-5-2-6-17-29/h1,3-4,7-15,18H,2,5-6,16-17,19H2,(H2,27,28,30,32). The average Bonchev–Trinajstić information content (AvgIpc) is 2.84. The number of nitrogens with zero attached hydrogens (tertiary/aromatic N) is 1. The Morgan fingerprint density at radius 2 is 1.66 bits per heavy atom. The number of amides is 1. The predicted molar refractivity (Wildman–Crippen MR) is 133 cm³/mol. The Morgan fingerprint density at radius 1 is 0.906 bits per heavy atom. The molecule has 6 heteroatoms. The first kappa shape index (κ1) is 21.8. The van der Waals surface area contributed by atoms with Crippen LogP contribution in [0.15, 0.2) is 78.9 Å². The largest absolute Gasteiger partial charge is 0.489 e. The minimum absolute atomic E-state index is 0.260. The van der Waals surface area contributed by atoms with E-state index in [1.165, 1.54) is 24.9 Å². The van der Waals surface area contributed by atoms with E-state index >= 15 is 0 Å². The van der Waals surface area contributed by atoms with Crippen molar-refractivity contribution in [3.05, 3.63) is 90.0 Å². The molecule has 164 valence electrons. The number of piperidine rings is 1. The summed E-state index contributed by atoms with van der Waals surface area (Å²) >= 11 is 5.33. The van der Waals surface area contributed by atoms with Gasteiger partial charge in [0.2, 0.25) is 0 Å². The summed E-state index contributed by atoms with van der Waals surface area (Å²) in [4.78, 5) is 15.0. The maximum absolute atomic E-state index is 12.6. The summed E-state index contributed by atoms with van der Waals surface area (Å²) in [6.45, 7) is 2.66. The molecule has 0 radical (unpaired) electrons. The predicted octanol–water partition coefficient (Wildman–Crippen LogP) is 5.38. The Kier molecular flexibility index (Phi) is 7.35. The highest BCUT2D eigenvalue weighted by molar-refractivity contribution is 7.80. The van der Waals surface area contributed by atoms with E-state index in [1.54, 1.807) is 18.2 Å². The fourth-order valence-corrected chi connectivity index (χ4v) is 3.92. The van der Waals surface area contributed by atoms with Crippen molar-refractivity contribution >= 4 is 34.6 Å². The number of ether oxygens (including phenoxy) is 1. The van der Waals surface area contributed by atoms with E-state index in [4.69, 9.17) is 17.0 Å². The van der Waals surface area contributed by atoms with Gasteiger partial charge >= 0.3 is 0 Å². The van der Waals surface area contributed by atoms with Gasteiger partial charge in [0.25, 0.3) is 5.91 Å². The van der Waals surface area contributed by atoms with Crippen LogP contribution in [0.3, 0.4) is 0 Å². The molecule has 0 saturated carbocycles. The summed E-state index contributed by atoms with van der Waals surface area (Å²) in [5.74, 6) is 0.353. The normalized spacial score (nSPS) is 13.3. The lowest BCUT2D eigenvalue weighted by atomic mass is 10.1. The molecule has 1 aliphatic rings. The van der Waals surface area contributed by atoms with Gasteiger partial charge in [-0.3, -0.25) is 10.1 Å². The van der Waals surface area contributed by atoms with Crippen molar-refractivity contribution in [3.8, 4) is 5.75 Å². The average molecular weight is 446 g/mol. The summed E-state index contributed by atoms with van der Waals surface area (Å²) in [6.07, 6.45) is 3.80. The van der Waals surface area contributed by atoms with Crippen LogP contribution in [-0.4, -0.2) is 24.1 Å². The van der Waals surface area contributed by atoms with Crippen molar-refractivity contribution in [2.24, 2.45) is 0 Å². The zero-order chi connectivity index (χ0) is 22.2. The van der Waals surface area contributed by atoms with Gasteiger partial charge in [-0.05, 0) is 79.5 Å². The summed E-state index contributed by atoms with van der Waals surface area (Å²) < 4.78 is 5.81. The van der Waals surface area contributed by atoms with Crippen molar-refractivity contribution in [1.82, 2.24) is 5.32 Å². The Balaban J connectivity index is 1.30. The van der Waals surface area contributed by atoms with Crippen LogP contribution in [-0.2, 0) is 6.61 Å². The number of hydrogen-bond donors (Lipinski definition) is 2. The van der Waals surface area contributed by atoms with Crippen LogP contribution >= 0.6 is 12.2 Å². The minimum Gasteiger partial charge on any atom is -0.489 e. The molecule has 0 bridgehead atoms. The molecular formula is C26H27N3O2S. The SMILES string of the molecule is O=C(NC(=S)Nc1ccc(N2CCCCC2)cc1)c1cccc(OCc2ccccc2)c1. The summed E-state index contributed by atoms with van der Waals surface area (Å²) in [7, 11) is 0. The molecule has 3 aromatic carbocycles. The number of anilines is 2. The molecule has 1 heterocycles. The fourth-order valence-electron chi connectivity index (χ4n) is 3.71. The Morgan fingerprint density at radius 3 is 2.41 bits per heavy atom. The van der Waals surface area contributed by atoms with E-state index in [0.717, 1.165) is 24.3 Å². The van der Waals surface area contributed by atoms with E-state index < -0.39 is 0 Å².